The summed E-state index contributed by atoms with van der Waals surface area (Å²) in [6, 6.07) is 6.43. The summed E-state index contributed by atoms with van der Waals surface area (Å²) in [5.74, 6) is -0.469. The van der Waals surface area contributed by atoms with Gasteiger partial charge >= 0.3 is 6.18 Å². The van der Waals surface area contributed by atoms with Crippen LogP contribution in [0.25, 0.3) is 0 Å². The van der Waals surface area contributed by atoms with Gasteiger partial charge in [-0.15, -0.1) is 0 Å². The SMILES string of the molecule is Cc1ccc(O)c(NC(=O)c2cc3n(n2)[C@H](C(F)(F)F)C[C@@H](c2ccco2)N3)c1. The third kappa shape index (κ3) is 3.65. The van der Waals surface area contributed by atoms with Gasteiger partial charge in [-0.25, -0.2) is 4.68 Å². The van der Waals surface area contributed by atoms with Crippen LogP contribution < -0.4 is 10.6 Å². The zero-order valence-electron chi connectivity index (χ0n) is 15.2. The van der Waals surface area contributed by atoms with E-state index in [1.165, 1.54) is 18.4 Å². The van der Waals surface area contributed by atoms with Gasteiger partial charge in [-0.1, -0.05) is 6.07 Å². The van der Waals surface area contributed by atoms with Crippen molar-refractivity contribution in [3.05, 3.63) is 59.7 Å². The summed E-state index contributed by atoms with van der Waals surface area (Å²) < 4.78 is 46.9. The molecule has 7 nitrogen and oxygen atoms in total. The largest absolute Gasteiger partial charge is 0.506 e. The molecule has 29 heavy (non-hydrogen) atoms. The number of benzene rings is 1. The van der Waals surface area contributed by atoms with Crippen LogP contribution in [0.15, 0.2) is 47.1 Å². The molecule has 0 unspecified atom stereocenters. The Morgan fingerprint density at radius 3 is 2.83 bits per heavy atom. The average molecular weight is 406 g/mol. The number of aryl methyl sites for hydroxylation is 1. The summed E-state index contributed by atoms with van der Waals surface area (Å²) in [7, 11) is 0. The van der Waals surface area contributed by atoms with Crippen molar-refractivity contribution >= 4 is 17.4 Å². The number of hydrogen-bond donors (Lipinski definition) is 3. The van der Waals surface area contributed by atoms with E-state index in [1.807, 2.05) is 0 Å². The quantitative estimate of drug-likeness (QED) is 0.561. The number of rotatable bonds is 3. The van der Waals surface area contributed by atoms with Gasteiger partial charge < -0.3 is 20.2 Å². The first-order chi connectivity index (χ1) is 13.7. The van der Waals surface area contributed by atoms with E-state index in [-0.39, 0.29) is 29.4 Å². The minimum atomic E-state index is -4.56. The molecule has 1 aliphatic rings. The number of aromatic nitrogens is 2. The number of phenolic OH excluding ortho intramolecular Hbond substituents is 1. The first-order valence-corrected chi connectivity index (χ1v) is 8.79. The van der Waals surface area contributed by atoms with Crippen molar-refractivity contribution in [1.29, 1.82) is 0 Å². The smallest absolute Gasteiger partial charge is 0.410 e. The predicted octanol–water partition coefficient (Wildman–Crippen LogP) is 4.40. The number of hydrogen-bond acceptors (Lipinski definition) is 5. The lowest BCUT2D eigenvalue weighted by molar-refractivity contribution is -0.174. The molecule has 3 heterocycles. The standard InChI is InChI=1S/C19H17F3N4O3/c1-10-4-5-14(27)11(7-10)24-18(28)13-9-17-23-12(15-3-2-6-29-15)8-16(19(20,21)22)26(17)25-13/h2-7,9,12,16,23,27H,8H2,1H3,(H,24,28)/t12-,16-/m0/s1. The Bertz CT molecular complexity index is 1040. The highest BCUT2D eigenvalue weighted by molar-refractivity contribution is 6.04. The second-order valence-corrected chi connectivity index (χ2v) is 6.84. The number of fused-ring (bicyclic) bond motifs is 1. The molecule has 2 aromatic heterocycles. The van der Waals surface area contributed by atoms with Crippen LogP contribution in [-0.2, 0) is 0 Å². The number of amides is 1. The van der Waals surface area contributed by atoms with Crippen molar-refractivity contribution in [3.63, 3.8) is 0 Å². The molecule has 1 aliphatic heterocycles. The number of anilines is 2. The lowest BCUT2D eigenvalue weighted by Crippen LogP contribution is -2.35. The molecular formula is C19H17F3N4O3. The third-order valence-corrected chi connectivity index (χ3v) is 4.71. The van der Waals surface area contributed by atoms with Gasteiger partial charge in [0.2, 0.25) is 0 Å². The van der Waals surface area contributed by atoms with E-state index in [0.29, 0.717) is 5.76 Å². The number of furan rings is 1. The molecule has 0 saturated carbocycles. The van der Waals surface area contributed by atoms with Crippen LogP contribution in [0, 0.1) is 6.92 Å². The van der Waals surface area contributed by atoms with E-state index in [9.17, 15) is 23.1 Å². The maximum atomic E-state index is 13.6. The van der Waals surface area contributed by atoms with E-state index in [4.69, 9.17) is 4.42 Å². The maximum absolute atomic E-state index is 13.6. The average Bonchev–Trinajstić information content (AvgIpc) is 3.32. The Labute approximate surface area is 163 Å². The third-order valence-electron chi connectivity index (χ3n) is 4.71. The van der Waals surface area contributed by atoms with Crippen molar-refractivity contribution in [2.24, 2.45) is 0 Å². The Morgan fingerprint density at radius 2 is 2.14 bits per heavy atom. The highest BCUT2D eigenvalue weighted by Crippen LogP contribution is 2.43. The molecule has 0 radical (unpaired) electrons. The summed E-state index contributed by atoms with van der Waals surface area (Å²) in [4.78, 5) is 12.5. The van der Waals surface area contributed by atoms with Gasteiger partial charge in [0.15, 0.2) is 11.7 Å². The Balaban J connectivity index is 1.65. The number of nitrogens with zero attached hydrogens (tertiary/aromatic N) is 2. The summed E-state index contributed by atoms with van der Waals surface area (Å²) in [5, 5.41) is 19.2. The fourth-order valence-corrected chi connectivity index (χ4v) is 3.30. The van der Waals surface area contributed by atoms with Crippen molar-refractivity contribution < 1.29 is 27.5 Å². The molecule has 0 aliphatic carbocycles. The minimum absolute atomic E-state index is 0.0542. The highest BCUT2D eigenvalue weighted by atomic mass is 19.4. The van der Waals surface area contributed by atoms with Crippen LogP contribution in [0.4, 0.5) is 24.7 Å². The summed E-state index contributed by atoms with van der Waals surface area (Å²) in [6.45, 7) is 1.77. The molecular weight excluding hydrogens is 389 g/mol. The van der Waals surface area contributed by atoms with E-state index >= 15 is 0 Å². The molecule has 1 aromatic carbocycles. The zero-order valence-corrected chi connectivity index (χ0v) is 15.2. The molecule has 1 amide bonds. The molecule has 2 atom stereocenters. The van der Waals surface area contributed by atoms with Gasteiger partial charge in [0.1, 0.15) is 17.3 Å². The normalized spacial score (nSPS) is 18.8. The number of carbonyl (C=O) groups excluding carboxylic acids is 1. The highest BCUT2D eigenvalue weighted by Gasteiger charge is 2.47. The molecule has 0 saturated heterocycles. The van der Waals surface area contributed by atoms with Gasteiger partial charge in [-0.2, -0.15) is 18.3 Å². The number of phenols is 1. The number of alkyl halides is 3. The van der Waals surface area contributed by atoms with E-state index < -0.39 is 24.2 Å². The fourth-order valence-electron chi connectivity index (χ4n) is 3.30. The molecule has 152 valence electrons. The first-order valence-electron chi connectivity index (χ1n) is 8.79. The van der Waals surface area contributed by atoms with Crippen LogP contribution in [0.5, 0.6) is 5.75 Å². The minimum Gasteiger partial charge on any atom is -0.506 e. The van der Waals surface area contributed by atoms with Gasteiger partial charge in [-0.05, 0) is 36.8 Å². The topological polar surface area (TPSA) is 92.3 Å². The van der Waals surface area contributed by atoms with E-state index in [2.05, 4.69) is 15.7 Å². The summed E-state index contributed by atoms with van der Waals surface area (Å²) in [6.07, 6.45) is -3.50. The number of nitrogens with one attached hydrogen (secondary N) is 2. The Hall–Kier alpha value is -3.43. The molecule has 4 rings (SSSR count). The molecule has 3 N–H and O–H groups in total. The van der Waals surface area contributed by atoms with Crippen molar-refractivity contribution in [3.8, 4) is 5.75 Å². The van der Waals surface area contributed by atoms with Crippen LogP contribution in [-0.4, -0.2) is 27.0 Å². The number of halogens is 3. The first kappa shape index (κ1) is 18.9. The van der Waals surface area contributed by atoms with Crippen LogP contribution in [0.2, 0.25) is 0 Å². The van der Waals surface area contributed by atoms with E-state index in [0.717, 1.165) is 10.2 Å². The lowest BCUT2D eigenvalue weighted by Gasteiger charge is -2.32. The van der Waals surface area contributed by atoms with Crippen LogP contribution >= 0.6 is 0 Å². The van der Waals surface area contributed by atoms with Crippen LogP contribution in [0.3, 0.4) is 0 Å². The molecule has 0 fully saturated rings. The second-order valence-electron chi connectivity index (χ2n) is 6.84. The summed E-state index contributed by atoms with van der Waals surface area (Å²) in [5.41, 5.74) is 0.736. The van der Waals surface area contributed by atoms with Crippen molar-refractivity contribution in [1.82, 2.24) is 9.78 Å². The van der Waals surface area contributed by atoms with Gasteiger partial charge in [0.25, 0.3) is 5.91 Å². The van der Waals surface area contributed by atoms with Crippen LogP contribution in [0.1, 0.15) is 40.3 Å². The molecule has 0 spiro atoms. The fraction of sp³-hybridized carbons (Fsp3) is 0.263. The van der Waals surface area contributed by atoms with Crippen molar-refractivity contribution in [2.75, 3.05) is 10.6 Å². The predicted molar refractivity (Wildman–Crippen MR) is 97.8 cm³/mol. The van der Waals surface area contributed by atoms with Gasteiger partial charge in [0.05, 0.1) is 18.0 Å². The number of carbonyl (C=O) groups is 1. The summed E-state index contributed by atoms with van der Waals surface area (Å²) >= 11 is 0. The monoisotopic (exact) mass is 406 g/mol. The Kier molecular flexibility index (Phi) is 4.48. The molecule has 10 heteroatoms. The molecule has 3 aromatic rings. The van der Waals surface area contributed by atoms with Gasteiger partial charge in [-0.3, -0.25) is 4.79 Å². The maximum Gasteiger partial charge on any atom is 0.410 e. The second kappa shape index (κ2) is 6.87. The van der Waals surface area contributed by atoms with Crippen molar-refractivity contribution in [2.45, 2.75) is 31.6 Å². The number of aromatic hydroxyl groups is 1. The lowest BCUT2D eigenvalue weighted by atomic mass is 10.0. The Morgan fingerprint density at radius 1 is 1.34 bits per heavy atom. The van der Waals surface area contributed by atoms with E-state index in [1.54, 1.807) is 31.2 Å². The van der Waals surface area contributed by atoms with Gasteiger partial charge in [0, 0.05) is 12.5 Å². The molecule has 0 bridgehead atoms. The zero-order chi connectivity index (χ0) is 20.8.